The Bertz CT molecular complexity index is 4620. The first-order valence-corrected chi connectivity index (χ1v) is 32.3. The second kappa shape index (κ2) is 20.4. The maximum atomic E-state index is 12.8. The van der Waals surface area contributed by atoms with Crippen LogP contribution in [0.2, 0.25) is 19.6 Å². The van der Waals surface area contributed by atoms with Gasteiger partial charge in [-0.2, -0.15) is 0 Å². The molecule has 0 aliphatic rings. The summed E-state index contributed by atoms with van der Waals surface area (Å²) < 4.78 is 7.06. The third-order valence-corrected chi connectivity index (χ3v) is 18.8. The molecule has 0 amide bonds. The fraction of sp³-hybridized carbons (Fsp3) is 0.200. The molecule has 6 nitrogen and oxygen atoms in total. The molecule has 13 rings (SSSR count). The molecule has 0 aliphatic carbocycles. The molecule has 4 aromatic heterocycles. The first kappa shape index (κ1) is 55.4. The Morgan fingerprint density at radius 2 is 1.00 bits per heavy atom. The molecule has 0 unspecified atom stereocenters. The van der Waals surface area contributed by atoms with Crippen molar-refractivity contribution in [2.45, 2.75) is 98.2 Å². The molecule has 0 saturated heterocycles. The summed E-state index contributed by atoms with van der Waals surface area (Å²) in [5.41, 5.74) is 18.5. The fourth-order valence-electron chi connectivity index (χ4n) is 12.2. The minimum Gasteiger partial charge on any atom is -0.507 e. The zero-order valence-electron chi connectivity index (χ0n) is 49.6. The fourth-order valence-corrected chi connectivity index (χ4v) is 13.4. The van der Waals surface area contributed by atoms with Crippen LogP contribution < -0.4 is 5.19 Å². The number of hydrogen-bond donors (Lipinski definition) is 1. The van der Waals surface area contributed by atoms with Gasteiger partial charge >= 0.3 is 0 Å². The second-order valence-corrected chi connectivity index (χ2v) is 31.5. The van der Waals surface area contributed by atoms with Crippen molar-refractivity contribution in [3.63, 3.8) is 0 Å². The Morgan fingerprint density at radius 3 is 1.60 bits per heavy atom. The van der Waals surface area contributed by atoms with E-state index in [9.17, 15) is 5.11 Å². The van der Waals surface area contributed by atoms with E-state index in [1.165, 1.54) is 27.0 Å². The summed E-state index contributed by atoms with van der Waals surface area (Å²) in [6, 6.07) is 74.4. The summed E-state index contributed by atoms with van der Waals surface area (Å²) in [6.07, 6.45) is 1.95. The summed E-state index contributed by atoms with van der Waals surface area (Å²) in [5.74, 6) is 0.934. The van der Waals surface area contributed by atoms with Gasteiger partial charge in [-0.25, -0.2) is 4.98 Å². The Hall–Kier alpha value is -8.09. The van der Waals surface area contributed by atoms with Gasteiger partial charge in [0.1, 0.15) is 11.6 Å². The van der Waals surface area contributed by atoms with E-state index >= 15 is 0 Å². The van der Waals surface area contributed by atoms with Crippen molar-refractivity contribution in [2.24, 2.45) is 0 Å². The summed E-state index contributed by atoms with van der Waals surface area (Å²) in [4.78, 5) is 11.1. The average molecular weight is 1280 g/mol. The number of fused-ring (bicyclic) bond motifs is 7. The number of phenolic OH excluding ortho intramolecular Hbond substituents is 1. The molecule has 9 aromatic carbocycles. The van der Waals surface area contributed by atoms with Crippen LogP contribution in [-0.4, -0.2) is 36.8 Å². The van der Waals surface area contributed by atoms with Gasteiger partial charge in [0.15, 0.2) is 0 Å². The Morgan fingerprint density at radius 1 is 0.458 bits per heavy atom. The normalized spacial score (nSPS) is 12.5. The number of benzene rings is 9. The van der Waals surface area contributed by atoms with E-state index in [0.717, 1.165) is 100 Å². The van der Waals surface area contributed by atoms with Crippen LogP contribution in [0, 0.1) is 6.07 Å². The van der Waals surface area contributed by atoms with E-state index in [-0.39, 0.29) is 43.1 Å². The molecule has 13 aromatic rings. The summed E-state index contributed by atoms with van der Waals surface area (Å²) in [5, 5.41) is 18.8. The van der Waals surface area contributed by atoms with Crippen molar-refractivity contribution in [3.8, 4) is 67.7 Å². The molecule has 8 heteroatoms. The molecule has 4 heterocycles. The molecule has 0 fully saturated rings. The van der Waals surface area contributed by atoms with Crippen LogP contribution in [0.3, 0.4) is 0 Å². The zero-order valence-corrected chi connectivity index (χ0v) is 52.8. The van der Waals surface area contributed by atoms with Crippen molar-refractivity contribution in [2.75, 3.05) is 0 Å². The van der Waals surface area contributed by atoms with Crippen molar-refractivity contribution >= 4 is 67.9 Å². The van der Waals surface area contributed by atoms with Gasteiger partial charge in [0.25, 0.3) is 0 Å². The molecule has 0 atom stereocenters. The van der Waals surface area contributed by atoms with Crippen LogP contribution in [0.4, 0.5) is 0 Å². The maximum Gasteiger partial charge on any atom is 0.148 e. The van der Waals surface area contributed by atoms with Gasteiger partial charge in [0.2, 0.25) is 0 Å². The van der Waals surface area contributed by atoms with Crippen LogP contribution in [0.5, 0.6) is 5.75 Å². The molecule has 0 radical (unpaired) electrons. The van der Waals surface area contributed by atoms with Crippen LogP contribution in [0.25, 0.3) is 117 Å². The SMILES string of the molecule is CC(C)(C)c1cc(-c2cccc3c2nc(-c2cc(C(C)(C)C)cc(C(C)(C)C)c2O)n3-c2ccc([Si](C)(C)C)cc2-c2ccccc2)[c-]c(-c2nccc3c2c2ccccc2n3-c2ccc(-n3c4ccccc4c4ccccc43)cc2)c1.[Pt]. The van der Waals surface area contributed by atoms with Crippen LogP contribution in [0.15, 0.2) is 200 Å². The molecule has 0 aliphatic heterocycles. The predicted molar refractivity (Wildman–Crippen MR) is 349 cm³/mol. The van der Waals surface area contributed by atoms with Gasteiger partial charge in [-0.15, -0.1) is 29.3 Å². The van der Waals surface area contributed by atoms with Crippen LogP contribution in [0.1, 0.15) is 79.0 Å². The monoisotopic (exact) mass is 1280 g/mol. The number of para-hydroxylation sites is 4. The standard InChI is InChI=1S/C75H70N5OSi.Pt/c1-73(2,3)50-42-48(41-49(43-50)69-68-58-27-18-21-31-64(58)79(66(68)39-40-76-69)53-35-33-52(34-36-53)78-62-29-19-16-25-56(62)57-26-17-20-30-63(57)78)55-28-22-32-67-70(55)77-72(60-44-51(74(4,5)6)45-61(71(60)81)75(7,8)9)80(67)65-38-37-54(82(10,11)12)46-59(65)47-23-14-13-15-24-47;/h13-40,42-46,81H,1-12H3;/q-1;. The summed E-state index contributed by atoms with van der Waals surface area (Å²) in [7, 11) is -1.76. The number of nitrogens with zero attached hydrogens (tertiary/aromatic N) is 5. The van der Waals surface area contributed by atoms with Crippen molar-refractivity contribution in [3.05, 3.63) is 223 Å². The molecule has 83 heavy (non-hydrogen) atoms. The van der Waals surface area contributed by atoms with E-state index in [1.807, 2.05) is 6.20 Å². The van der Waals surface area contributed by atoms with E-state index in [0.29, 0.717) is 11.4 Å². The zero-order chi connectivity index (χ0) is 57.2. The van der Waals surface area contributed by atoms with Crippen molar-refractivity contribution in [1.82, 2.24) is 23.7 Å². The smallest absolute Gasteiger partial charge is 0.148 e. The number of aromatic hydroxyl groups is 1. The van der Waals surface area contributed by atoms with Gasteiger partial charge in [0.05, 0.1) is 52.4 Å². The number of aromatic nitrogens is 5. The summed E-state index contributed by atoms with van der Waals surface area (Å²) >= 11 is 0. The number of imidazole rings is 1. The number of rotatable bonds is 8. The quantitative estimate of drug-likeness (QED) is 0.122. The number of hydrogen-bond acceptors (Lipinski definition) is 3. The largest absolute Gasteiger partial charge is 0.507 e. The molecule has 0 saturated carbocycles. The summed E-state index contributed by atoms with van der Waals surface area (Å²) in [6.45, 7) is 27.3. The second-order valence-electron chi connectivity index (χ2n) is 26.5. The third kappa shape index (κ3) is 9.56. The minimum atomic E-state index is -1.76. The van der Waals surface area contributed by atoms with Gasteiger partial charge in [0, 0.05) is 77.0 Å². The minimum absolute atomic E-state index is 0. The Kier molecular flexibility index (Phi) is 13.6. The third-order valence-electron chi connectivity index (χ3n) is 16.7. The molecule has 1 N–H and O–H groups in total. The Labute approximate surface area is 503 Å². The molecule has 0 bridgehead atoms. The van der Waals surface area contributed by atoms with Crippen molar-refractivity contribution in [1.29, 1.82) is 0 Å². The number of pyridine rings is 1. The van der Waals surface area contributed by atoms with E-state index in [2.05, 4.69) is 296 Å². The Balaban J connectivity index is 0.00000680. The number of phenols is 1. The van der Waals surface area contributed by atoms with E-state index < -0.39 is 8.07 Å². The first-order valence-electron chi connectivity index (χ1n) is 28.8. The van der Waals surface area contributed by atoms with E-state index in [4.69, 9.17) is 9.97 Å². The maximum absolute atomic E-state index is 12.8. The van der Waals surface area contributed by atoms with E-state index in [1.54, 1.807) is 0 Å². The average Bonchev–Trinajstić information content (AvgIpc) is 2.29. The van der Waals surface area contributed by atoms with Crippen LogP contribution >= 0.6 is 0 Å². The van der Waals surface area contributed by atoms with Gasteiger partial charge in [-0.05, 0) is 94.1 Å². The predicted octanol–water partition coefficient (Wildman–Crippen LogP) is 19.2. The first-order chi connectivity index (χ1) is 39.1. The topological polar surface area (TPSA) is 60.8 Å². The van der Waals surface area contributed by atoms with Gasteiger partial charge in [-0.3, -0.25) is 9.55 Å². The molecular formula is C75H70N5OPtSi-. The molecule has 416 valence electrons. The molecule has 0 spiro atoms. The van der Waals surface area contributed by atoms with Gasteiger partial charge in [-0.1, -0.05) is 214 Å². The van der Waals surface area contributed by atoms with Gasteiger partial charge < -0.3 is 14.2 Å². The van der Waals surface area contributed by atoms with Crippen LogP contribution in [-0.2, 0) is 37.3 Å². The van der Waals surface area contributed by atoms with Crippen molar-refractivity contribution < 1.29 is 26.2 Å². The molecular weight excluding hydrogens is 1210 g/mol.